The first-order valence-electron chi connectivity index (χ1n) is 4.79. The highest BCUT2D eigenvalue weighted by Gasteiger charge is 1.93. The molecule has 0 aliphatic heterocycles. The zero-order chi connectivity index (χ0) is 10.3. The molecule has 0 radical (unpaired) electrons. The number of hydrogen-bond donors (Lipinski definition) is 1. The molecule has 0 saturated heterocycles. The molecular formula is C11H12N4. The van der Waals surface area contributed by atoms with Gasteiger partial charge in [0.1, 0.15) is 6.33 Å². The third-order valence-electron chi connectivity index (χ3n) is 2.03. The molecule has 76 valence electrons. The minimum atomic E-state index is 0.755. The van der Waals surface area contributed by atoms with Gasteiger partial charge in [0.05, 0.1) is 5.69 Å². The second kappa shape index (κ2) is 5.17. The van der Waals surface area contributed by atoms with Gasteiger partial charge in [0, 0.05) is 31.7 Å². The summed E-state index contributed by atoms with van der Waals surface area (Å²) < 4.78 is 0. The van der Waals surface area contributed by atoms with E-state index < -0.39 is 0 Å². The maximum Gasteiger partial charge on any atom is 0.115 e. The van der Waals surface area contributed by atoms with Gasteiger partial charge in [-0.2, -0.15) is 0 Å². The molecule has 0 aliphatic carbocycles. The maximum absolute atomic E-state index is 4.12. The predicted molar refractivity (Wildman–Crippen MR) is 56.8 cm³/mol. The van der Waals surface area contributed by atoms with Crippen molar-refractivity contribution in [1.29, 1.82) is 0 Å². The Bertz CT molecular complexity index is 348. The largest absolute Gasteiger partial charge is 0.307 e. The van der Waals surface area contributed by atoms with E-state index in [0.29, 0.717) is 0 Å². The van der Waals surface area contributed by atoms with Crippen LogP contribution in [0.2, 0.25) is 0 Å². The highest BCUT2D eigenvalue weighted by atomic mass is 14.9. The van der Waals surface area contributed by atoms with Gasteiger partial charge < -0.3 is 5.32 Å². The van der Waals surface area contributed by atoms with Crippen molar-refractivity contribution in [2.75, 3.05) is 0 Å². The fraction of sp³-hybridized carbons (Fsp3) is 0.182. The number of nitrogens with zero attached hydrogens (tertiary/aromatic N) is 3. The molecule has 2 rings (SSSR count). The molecule has 4 heteroatoms. The molecule has 0 spiro atoms. The smallest absolute Gasteiger partial charge is 0.115 e. The Labute approximate surface area is 88.4 Å². The third-order valence-corrected chi connectivity index (χ3v) is 2.03. The second-order valence-electron chi connectivity index (χ2n) is 3.16. The minimum absolute atomic E-state index is 0.755. The van der Waals surface area contributed by atoms with Crippen molar-refractivity contribution in [3.63, 3.8) is 0 Å². The van der Waals surface area contributed by atoms with Crippen LogP contribution in [0, 0.1) is 0 Å². The molecule has 2 aromatic rings. The van der Waals surface area contributed by atoms with Crippen molar-refractivity contribution < 1.29 is 0 Å². The molecule has 0 aromatic carbocycles. The van der Waals surface area contributed by atoms with Crippen LogP contribution in [0.25, 0.3) is 0 Å². The first-order valence-corrected chi connectivity index (χ1v) is 4.79. The summed E-state index contributed by atoms with van der Waals surface area (Å²) in [7, 11) is 0. The number of hydrogen-bond acceptors (Lipinski definition) is 4. The van der Waals surface area contributed by atoms with Crippen LogP contribution >= 0.6 is 0 Å². The lowest BCUT2D eigenvalue weighted by atomic mass is 10.2. The van der Waals surface area contributed by atoms with Crippen molar-refractivity contribution in [1.82, 2.24) is 20.3 Å². The number of aromatic nitrogens is 3. The second-order valence-corrected chi connectivity index (χ2v) is 3.16. The number of pyridine rings is 1. The Hall–Kier alpha value is -1.81. The maximum atomic E-state index is 4.12. The van der Waals surface area contributed by atoms with Gasteiger partial charge >= 0.3 is 0 Å². The summed E-state index contributed by atoms with van der Waals surface area (Å²) >= 11 is 0. The molecule has 0 aliphatic rings. The van der Waals surface area contributed by atoms with E-state index in [4.69, 9.17) is 0 Å². The van der Waals surface area contributed by atoms with Gasteiger partial charge in [0.25, 0.3) is 0 Å². The van der Waals surface area contributed by atoms with Gasteiger partial charge in [-0.05, 0) is 23.8 Å². The first kappa shape index (κ1) is 9.73. The van der Waals surface area contributed by atoms with Gasteiger partial charge in [0.15, 0.2) is 0 Å². The van der Waals surface area contributed by atoms with Crippen LogP contribution in [0.4, 0.5) is 0 Å². The van der Waals surface area contributed by atoms with E-state index in [1.165, 1.54) is 5.56 Å². The molecule has 15 heavy (non-hydrogen) atoms. The number of nitrogens with one attached hydrogen (secondary N) is 1. The lowest BCUT2D eigenvalue weighted by Crippen LogP contribution is -2.13. The molecule has 0 fully saturated rings. The van der Waals surface area contributed by atoms with Crippen LogP contribution in [0.3, 0.4) is 0 Å². The van der Waals surface area contributed by atoms with Crippen LogP contribution < -0.4 is 5.32 Å². The minimum Gasteiger partial charge on any atom is -0.307 e. The van der Waals surface area contributed by atoms with E-state index >= 15 is 0 Å². The van der Waals surface area contributed by atoms with Crippen LogP contribution in [-0.4, -0.2) is 15.0 Å². The van der Waals surface area contributed by atoms with E-state index in [-0.39, 0.29) is 0 Å². The molecule has 2 heterocycles. The van der Waals surface area contributed by atoms with Gasteiger partial charge in [0.2, 0.25) is 0 Å². The molecule has 1 N–H and O–H groups in total. The average Bonchev–Trinajstić information content (AvgIpc) is 2.32. The fourth-order valence-corrected chi connectivity index (χ4v) is 1.26. The Morgan fingerprint density at radius 3 is 2.47 bits per heavy atom. The topological polar surface area (TPSA) is 50.7 Å². The van der Waals surface area contributed by atoms with Crippen molar-refractivity contribution in [2.45, 2.75) is 13.1 Å². The summed E-state index contributed by atoms with van der Waals surface area (Å²) in [5.74, 6) is 0. The average molecular weight is 200 g/mol. The summed E-state index contributed by atoms with van der Waals surface area (Å²) in [6.07, 6.45) is 6.89. The van der Waals surface area contributed by atoms with Crippen LogP contribution in [0.1, 0.15) is 11.3 Å². The molecular weight excluding hydrogens is 188 g/mol. The SMILES string of the molecule is c1cc(CNCc2ccncn2)ccn1. The zero-order valence-corrected chi connectivity index (χ0v) is 8.30. The Morgan fingerprint density at radius 1 is 0.933 bits per heavy atom. The molecule has 0 bridgehead atoms. The Balaban J connectivity index is 1.81. The van der Waals surface area contributed by atoms with E-state index in [2.05, 4.69) is 20.3 Å². The van der Waals surface area contributed by atoms with E-state index in [1.54, 1.807) is 24.9 Å². The molecule has 0 amide bonds. The summed E-state index contributed by atoms with van der Waals surface area (Å²) in [5.41, 5.74) is 2.22. The monoisotopic (exact) mass is 200 g/mol. The Kier molecular flexibility index (Phi) is 3.35. The van der Waals surface area contributed by atoms with Crippen LogP contribution in [0.5, 0.6) is 0 Å². The highest BCUT2D eigenvalue weighted by Crippen LogP contribution is 1.96. The standard InChI is InChI=1S/C11H12N4/c1-4-12-5-2-10(1)7-14-8-11-3-6-13-9-15-11/h1-6,9,14H,7-8H2. The van der Waals surface area contributed by atoms with Gasteiger partial charge in [-0.15, -0.1) is 0 Å². The summed E-state index contributed by atoms with van der Waals surface area (Å²) in [6.45, 7) is 1.58. The van der Waals surface area contributed by atoms with Crippen molar-refractivity contribution in [3.8, 4) is 0 Å². The predicted octanol–water partition coefficient (Wildman–Crippen LogP) is 1.16. The number of rotatable bonds is 4. The molecule has 0 atom stereocenters. The zero-order valence-electron chi connectivity index (χ0n) is 8.30. The summed E-state index contributed by atoms with van der Waals surface area (Å²) in [5, 5.41) is 3.30. The van der Waals surface area contributed by atoms with Crippen LogP contribution in [-0.2, 0) is 13.1 Å². The van der Waals surface area contributed by atoms with Gasteiger partial charge in [-0.1, -0.05) is 0 Å². The van der Waals surface area contributed by atoms with Crippen molar-refractivity contribution in [2.24, 2.45) is 0 Å². The quantitative estimate of drug-likeness (QED) is 0.804. The normalized spacial score (nSPS) is 10.1. The third kappa shape index (κ3) is 3.11. The van der Waals surface area contributed by atoms with Crippen molar-refractivity contribution >= 4 is 0 Å². The first-order chi connectivity index (χ1) is 7.45. The lowest BCUT2D eigenvalue weighted by molar-refractivity contribution is 0.677. The molecule has 0 unspecified atom stereocenters. The highest BCUT2D eigenvalue weighted by molar-refractivity contribution is 5.09. The molecule has 2 aromatic heterocycles. The lowest BCUT2D eigenvalue weighted by Gasteiger charge is -2.03. The summed E-state index contributed by atoms with van der Waals surface area (Å²) in [4.78, 5) is 12.0. The molecule has 4 nitrogen and oxygen atoms in total. The van der Waals surface area contributed by atoms with E-state index in [1.807, 2.05) is 18.2 Å². The van der Waals surface area contributed by atoms with Gasteiger partial charge in [-0.3, -0.25) is 4.98 Å². The fourth-order valence-electron chi connectivity index (χ4n) is 1.26. The van der Waals surface area contributed by atoms with E-state index in [9.17, 15) is 0 Å². The van der Waals surface area contributed by atoms with Crippen molar-refractivity contribution in [3.05, 3.63) is 54.4 Å². The van der Waals surface area contributed by atoms with Crippen LogP contribution in [0.15, 0.2) is 43.1 Å². The molecule has 0 saturated carbocycles. The summed E-state index contributed by atoms with van der Waals surface area (Å²) in [6, 6.07) is 5.89. The van der Waals surface area contributed by atoms with Gasteiger partial charge in [-0.25, -0.2) is 9.97 Å². The Morgan fingerprint density at radius 2 is 1.73 bits per heavy atom. The van der Waals surface area contributed by atoms with E-state index in [0.717, 1.165) is 18.8 Å².